The number of carbonyl (C=O) groups is 1. The molecule has 0 saturated heterocycles. The maximum absolute atomic E-state index is 12.2. The van der Waals surface area contributed by atoms with Crippen molar-refractivity contribution < 1.29 is 4.79 Å². The zero-order valence-electron chi connectivity index (χ0n) is 11.6. The molecule has 3 rings (SSSR count). The number of benzene rings is 2. The molecule has 3 nitrogen and oxygen atoms in total. The zero-order chi connectivity index (χ0) is 14.8. The fourth-order valence-electron chi connectivity index (χ4n) is 2.49. The van der Waals surface area contributed by atoms with Crippen LogP contribution in [0, 0.1) is 6.92 Å². The summed E-state index contributed by atoms with van der Waals surface area (Å²) in [6.45, 7) is 1.99. The molecule has 0 aliphatic heterocycles. The van der Waals surface area contributed by atoms with E-state index in [4.69, 9.17) is 11.6 Å². The standard InChI is InChI=1S/C17H15ClN2O/c1-11-15(14-7-2-3-8-16(14)19-11)10-17(21)20-13-6-4-5-12(18)9-13/h2-9,19H,10H2,1H3,(H,20,21). The van der Waals surface area contributed by atoms with Crippen molar-refractivity contribution in [3.63, 3.8) is 0 Å². The number of nitrogens with one attached hydrogen (secondary N) is 2. The molecule has 0 atom stereocenters. The number of halogens is 1. The van der Waals surface area contributed by atoms with Crippen LogP contribution in [0.2, 0.25) is 5.02 Å². The van der Waals surface area contributed by atoms with E-state index >= 15 is 0 Å². The van der Waals surface area contributed by atoms with Crippen LogP contribution in [0.3, 0.4) is 0 Å². The molecule has 0 aliphatic rings. The summed E-state index contributed by atoms with van der Waals surface area (Å²) in [5.74, 6) is -0.0508. The van der Waals surface area contributed by atoms with Crippen molar-refractivity contribution in [2.45, 2.75) is 13.3 Å². The molecular weight excluding hydrogens is 284 g/mol. The lowest BCUT2D eigenvalue weighted by atomic mass is 10.1. The average Bonchev–Trinajstić information content (AvgIpc) is 2.75. The number of aromatic nitrogens is 1. The second kappa shape index (κ2) is 5.62. The third-order valence-corrected chi connectivity index (χ3v) is 3.71. The number of hydrogen-bond acceptors (Lipinski definition) is 1. The van der Waals surface area contributed by atoms with E-state index < -0.39 is 0 Å². The molecule has 0 radical (unpaired) electrons. The summed E-state index contributed by atoms with van der Waals surface area (Å²) in [4.78, 5) is 15.5. The first-order valence-corrected chi connectivity index (χ1v) is 7.13. The van der Waals surface area contributed by atoms with E-state index in [2.05, 4.69) is 10.3 Å². The lowest BCUT2D eigenvalue weighted by Crippen LogP contribution is -2.14. The Bertz CT molecular complexity index is 807. The van der Waals surface area contributed by atoms with Crippen molar-refractivity contribution in [2.24, 2.45) is 0 Å². The van der Waals surface area contributed by atoms with Crippen LogP contribution in [0.4, 0.5) is 5.69 Å². The largest absolute Gasteiger partial charge is 0.358 e. The van der Waals surface area contributed by atoms with Crippen molar-refractivity contribution in [1.29, 1.82) is 0 Å². The summed E-state index contributed by atoms with van der Waals surface area (Å²) in [6, 6.07) is 15.2. The number of carbonyl (C=O) groups excluding carboxylic acids is 1. The minimum atomic E-state index is -0.0508. The van der Waals surface area contributed by atoms with Gasteiger partial charge in [0.05, 0.1) is 6.42 Å². The Morgan fingerprint density at radius 1 is 1.19 bits per heavy atom. The molecule has 1 aromatic heterocycles. The second-order valence-electron chi connectivity index (χ2n) is 5.01. The van der Waals surface area contributed by atoms with Gasteiger partial charge in [0.2, 0.25) is 5.91 Å². The van der Waals surface area contributed by atoms with Gasteiger partial charge in [-0.3, -0.25) is 4.79 Å². The fourth-order valence-corrected chi connectivity index (χ4v) is 2.68. The summed E-state index contributed by atoms with van der Waals surface area (Å²) in [5.41, 5.74) is 3.83. The molecule has 4 heteroatoms. The van der Waals surface area contributed by atoms with Gasteiger partial charge in [0.1, 0.15) is 0 Å². The number of amides is 1. The molecule has 1 amide bonds. The van der Waals surface area contributed by atoms with Crippen LogP contribution in [-0.4, -0.2) is 10.9 Å². The van der Waals surface area contributed by atoms with Crippen molar-refractivity contribution in [1.82, 2.24) is 4.98 Å². The Labute approximate surface area is 127 Å². The maximum atomic E-state index is 12.2. The Morgan fingerprint density at radius 2 is 2.00 bits per heavy atom. The normalized spacial score (nSPS) is 10.8. The molecule has 1 heterocycles. The molecule has 21 heavy (non-hydrogen) atoms. The van der Waals surface area contributed by atoms with Gasteiger partial charge in [-0.2, -0.15) is 0 Å². The molecular formula is C17H15ClN2O. The van der Waals surface area contributed by atoms with Gasteiger partial charge in [0, 0.05) is 27.3 Å². The van der Waals surface area contributed by atoms with Gasteiger partial charge >= 0.3 is 0 Å². The fraction of sp³-hybridized carbons (Fsp3) is 0.118. The topological polar surface area (TPSA) is 44.9 Å². The third-order valence-electron chi connectivity index (χ3n) is 3.47. The molecule has 0 fully saturated rings. The number of aryl methyl sites for hydroxylation is 1. The van der Waals surface area contributed by atoms with Crippen molar-refractivity contribution >= 4 is 34.1 Å². The predicted molar refractivity (Wildman–Crippen MR) is 86.8 cm³/mol. The highest BCUT2D eigenvalue weighted by molar-refractivity contribution is 6.30. The van der Waals surface area contributed by atoms with Gasteiger partial charge in [-0.15, -0.1) is 0 Å². The van der Waals surface area contributed by atoms with E-state index in [0.717, 1.165) is 22.2 Å². The average molecular weight is 299 g/mol. The Balaban J connectivity index is 1.82. The summed E-state index contributed by atoms with van der Waals surface area (Å²) >= 11 is 5.92. The first-order chi connectivity index (χ1) is 10.1. The maximum Gasteiger partial charge on any atom is 0.228 e. The van der Waals surface area contributed by atoms with Crippen LogP contribution in [0.15, 0.2) is 48.5 Å². The van der Waals surface area contributed by atoms with Crippen LogP contribution in [0.5, 0.6) is 0 Å². The number of H-pyrrole nitrogens is 1. The van der Waals surface area contributed by atoms with Crippen LogP contribution >= 0.6 is 11.6 Å². The number of fused-ring (bicyclic) bond motifs is 1. The van der Waals surface area contributed by atoms with Gasteiger partial charge < -0.3 is 10.3 Å². The van der Waals surface area contributed by atoms with Crippen molar-refractivity contribution in [2.75, 3.05) is 5.32 Å². The third kappa shape index (κ3) is 2.93. The smallest absolute Gasteiger partial charge is 0.228 e. The number of aromatic amines is 1. The van der Waals surface area contributed by atoms with Crippen molar-refractivity contribution in [3.05, 3.63) is 64.8 Å². The highest BCUT2D eigenvalue weighted by Crippen LogP contribution is 2.23. The zero-order valence-corrected chi connectivity index (χ0v) is 12.4. The molecule has 2 N–H and O–H groups in total. The van der Waals surface area contributed by atoms with Gasteiger partial charge in [0.15, 0.2) is 0 Å². The first-order valence-electron chi connectivity index (χ1n) is 6.75. The molecule has 0 saturated carbocycles. The minimum Gasteiger partial charge on any atom is -0.358 e. The monoisotopic (exact) mass is 298 g/mol. The highest BCUT2D eigenvalue weighted by atomic mass is 35.5. The second-order valence-corrected chi connectivity index (χ2v) is 5.45. The van der Waals surface area contributed by atoms with E-state index in [9.17, 15) is 4.79 Å². The first kappa shape index (κ1) is 13.7. The van der Waals surface area contributed by atoms with Gasteiger partial charge in [0.25, 0.3) is 0 Å². The lowest BCUT2D eigenvalue weighted by molar-refractivity contribution is -0.115. The minimum absolute atomic E-state index is 0.0508. The predicted octanol–water partition coefficient (Wildman–Crippen LogP) is 4.31. The summed E-state index contributed by atoms with van der Waals surface area (Å²) in [6.07, 6.45) is 0.336. The Kier molecular flexibility index (Phi) is 3.67. The number of hydrogen-bond donors (Lipinski definition) is 2. The molecule has 0 bridgehead atoms. The van der Waals surface area contributed by atoms with Gasteiger partial charge in [-0.25, -0.2) is 0 Å². The van der Waals surface area contributed by atoms with E-state index in [1.165, 1.54) is 0 Å². The van der Waals surface area contributed by atoms with Gasteiger partial charge in [-0.1, -0.05) is 35.9 Å². The molecule has 0 aliphatic carbocycles. The van der Waals surface area contributed by atoms with Crippen LogP contribution in [0.1, 0.15) is 11.3 Å². The van der Waals surface area contributed by atoms with E-state index in [1.54, 1.807) is 12.1 Å². The van der Waals surface area contributed by atoms with E-state index in [0.29, 0.717) is 17.1 Å². The quantitative estimate of drug-likeness (QED) is 0.743. The van der Waals surface area contributed by atoms with Crippen molar-refractivity contribution in [3.8, 4) is 0 Å². The van der Waals surface area contributed by atoms with Gasteiger partial charge in [-0.05, 0) is 36.8 Å². The molecule has 106 valence electrons. The molecule has 3 aromatic rings. The number of anilines is 1. The summed E-state index contributed by atoms with van der Waals surface area (Å²) in [7, 11) is 0. The number of rotatable bonds is 3. The lowest BCUT2D eigenvalue weighted by Gasteiger charge is -2.06. The van der Waals surface area contributed by atoms with Crippen LogP contribution in [0.25, 0.3) is 10.9 Å². The SMILES string of the molecule is Cc1[nH]c2ccccc2c1CC(=O)Nc1cccc(Cl)c1. The molecule has 0 spiro atoms. The Hall–Kier alpha value is -2.26. The van der Waals surface area contributed by atoms with E-state index in [1.807, 2.05) is 43.3 Å². The van der Waals surface area contributed by atoms with E-state index in [-0.39, 0.29) is 5.91 Å². The highest BCUT2D eigenvalue weighted by Gasteiger charge is 2.12. The Morgan fingerprint density at radius 3 is 2.81 bits per heavy atom. The summed E-state index contributed by atoms with van der Waals surface area (Å²) in [5, 5.41) is 4.58. The molecule has 2 aromatic carbocycles. The van der Waals surface area contributed by atoms with Crippen LogP contribution in [-0.2, 0) is 11.2 Å². The summed E-state index contributed by atoms with van der Waals surface area (Å²) < 4.78 is 0. The molecule has 0 unspecified atom stereocenters. The van der Waals surface area contributed by atoms with Crippen LogP contribution < -0.4 is 5.32 Å². The number of para-hydroxylation sites is 1.